The lowest BCUT2D eigenvalue weighted by Crippen LogP contribution is -2.19. The molecule has 0 aliphatic rings. The predicted molar refractivity (Wildman–Crippen MR) is 139 cm³/mol. The second-order valence-corrected chi connectivity index (χ2v) is 9.25. The van der Waals surface area contributed by atoms with Crippen molar-refractivity contribution in [2.75, 3.05) is 7.11 Å². The number of ether oxygens (including phenoxy) is 1. The fourth-order valence-electron chi connectivity index (χ4n) is 4.09. The summed E-state index contributed by atoms with van der Waals surface area (Å²) in [6, 6.07) is 21.6. The monoisotopic (exact) mass is 468 g/mol. The average molecular weight is 469 g/mol. The molecule has 6 nitrogen and oxygen atoms in total. The van der Waals surface area contributed by atoms with Crippen LogP contribution in [0, 0.1) is 13.8 Å². The molecule has 0 radical (unpaired) electrons. The number of thiazole rings is 1. The maximum atomic E-state index is 13.7. The summed E-state index contributed by atoms with van der Waals surface area (Å²) in [6.45, 7) is 5.96. The second-order valence-electron chi connectivity index (χ2n) is 8.24. The lowest BCUT2D eigenvalue weighted by Gasteiger charge is -2.05. The third kappa shape index (κ3) is 4.06. The molecule has 0 fully saturated rings. The Balaban J connectivity index is 1.71. The number of para-hydroxylation sites is 1. The summed E-state index contributed by atoms with van der Waals surface area (Å²) in [6.07, 6.45) is 0. The standard InChI is InChI=1S/C27H24N4O2S/c1-16-13-17(2)15-20(14-16)28-18(3)24-25(19-9-11-21(33-4)12-10-19)30-31(26(24)32)27-29-22-7-5-6-8-23(22)34-27/h5-15,30H,1-4H3. The van der Waals surface area contributed by atoms with Gasteiger partial charge < -0.3 is 4.74 Å². The SMILES string of the molecule is COc1ccc(-c2[nH]n(-c3nc4ccccc4s3)c(=O)c2C(C)=Nc2cc(C)cc(C)c2)cc1. The van der Waals surface area contributed by atoms with Crippen molar-refractivity contribution in [3.8, 4) is 22.1 Å². The fraction of sp³-hybridized carbons (Fsp3) is 0.148. The minimum absolute atomic E-state index is 0.185. The molecule has 0 amide bonds. The van der Waals surface area contributed by atoms with E-state index in [0.29, 0.717) is 22.1 Å². The van der Waals surface area contributed by atoms with Gasteiger partial charge in [-0.3, -0.25) is 14.9 Å². The van der Waals surface area contributed by atoms with Gasteiger partial charge in [-0.2, -0.15) is 4.68 Å². The highest BCUT2D eigenvalue weighted by atomic mass is 32.1. The summed E-state index contributed by atoms with van der Waals surface area (Å²) in [5.74, 6) is 0.749. The Hall–Kier alpha value is -3.97. The molecule has 5 rings (SSSR count). The first kappa shape index (κ1) is 21.9. The summed E-state index contributed by atoms with van der Waals surface area (Å²) in [5.41, 5.74) is 6.46. The van der Waals surface area contributed by atoms with E-state index in [9.17, 15) is 4.79 Å². The molecule has 7 heteroatoms. The van der Waals surface area contributed by atoms with Crippen molar-refractivity contribution in [3.05, 3.63) is 93.8 Å². The number of H-pyrrole nitrogens is 1. The molecule has 2 heterocycles. The van der Waals surface area contributed by atoms with Crippen molar-refractivity contribution < 1.29 is 4.74 Å². The highest BCUT2D eigenvalue weighted by Crippen LogP contribution is 2.28. The van der Waals surface area contributed by atoms with E-state index in [2.05, 4.69) is 16.1 Å². The molecule has 0 bridgehead atoms. The molecule has 0 aliphatic heterocycles. The first-order valence-electron chi connectivity index (χ1n) is 10.9. The second kappa shape index (κ2) is 8.76. The Kier molecular flexibility index (Phi) is 5.63. The zero-order valence-corrected chi connectivity index (χ0v) is 20.2. The van der Waals surface area contributed by atoms with Gasteiger partial charge in [0.1, 0.15) is 5.75 Å². The quantitative estimate of drug-likeness (QED) is 0.312. The van der Waals surface area contributed by atoms with Gasteiger partial charge in [-0.25, -0.2) is 4.98 Å². The number of hydrogen-bond donors (Lipinski definition) is 1. The number of benzene rings is 3. The Morgan fingerprint density at radius 3 is 2.41 bits per heavy atom. The number of nitrogens with one attached hydrogen (secondary N) is 1. The molecule has 0 aliphatic carbocycles. The molecule has 5 aromatic rings. The van der Waals surface area contributed by atoms with Gasteiger partial charge in [0, 0.05) is 5.56 Å². The lowest BCUT2D eigenvalue weighted by molar-refractivity contribution is 0.415. The molecular weight excluding hydrogens is 444 g/mol. The molecule has 1 N–H and O–H groups in total. The first-order chi connectivity index (χ1) is 16.4. The minimum atomic E-state index is -0.185. The molecular formula is C27H24N4O2S. The summed E-state index contributed by atoms with van der Waals surface area (Å²) >= 11 is 1.47. The number of fused-ring (bicyclic) bond motifs is 1. The van der Waals surface area contributed by atoms with Gasteiger partial charge in [0.05, 0.1) is 40.0 Å². The number of methoxy groups -OCH3 is 1. The number of aliphatic imine (C=N–C) groups is 1. The molecule has 0 saturated carbocycles. The van der Waals surface area contributed by atoms with Crippen molar-refractivity contribution in [1.29, 1.82) is 0 Å². The third-order valence-corrected chi connectivity index (χ3v) is 6.63. The van der Waals surface area contributed by atoms with E-state index in [4.69, 9.17) is 9.73 Å². The van der Waals surface area contributed by atoms with Crippen LogP contribution in [0.2, 0.25) is 0 Å². The Morgan fingerprint density at radius 1 is 1.03 bits per heavy atom. The number of aromatic amines is 1. The fourth-order valence-corrected chi connectivity index (χ4v) is 5.02. The Labute approximate surface area is 201 Å². The first-order valence-corrected chi connectivity index (χ1v) is 11.7. The maximum Gasteiger partial charge on any atom is 0.283 e. The minimum Gasteiger partial charge on any atom is -0.497 e. The van der Waals surface area contributed by atoms with Crippen LogP contribution in [0.1, 0.15) is 23.6 Å². The average Bonchev–Trinajstić information content (AvgIpc) is 3.39. The van der Waals surface area contributed by atoms with Gasteiger partial charge in [0.15, 0.2) is 0 Å². The molecule has 2 aromatic heterocycles. The van der Waals surface area contributed by atoms with E-state index in [1.54, 1.807) is 7.11 Å². The Morgan fingerprint density at radius 2 is 1.74 bits per heavy atom. The van der Waals surface area contributed by atoms with Crippen LogP contribution < -0.4 is 10.3 Å². The largest absolute Gasteiger partial charge is 0.497 e. The predicted octanol–water partition coefficient (Wildman–Crippen LogP) is 6.21. The van der Waals surface area contributed by atoms with E-state index in [-0.39, 0.29) is 5.56 Å². The van der Waals surface area contributed by atoms with Crippen LogP contribution in [0.15, 0.2) is 76.5 Å². The van der Waals surface area contributed by atoms with Gasteiger partial charge >= 0.3 is 0 Å². The number of aromatic nitrogens is 3. The van der Waals surface area contributed by atoms with Gasteiger partial charge in [0.25, 0.3) is 5.56 Å². The molecule has 0 saturated heterocycles. The number of rotatable bonds is 5. The van der Waals surface area contributed by atoms with Crippen molar-refractivity contribution in [2.45, 2.75) is 20.8 Å². The smallest absolute Gasteiger partial charge is 0.283 e. The number of hydrogen-bond acceptors (Lipinski definition) is 5. The van der Waals surface area contributed by atoms with Gasteiger partial charge in [-0.15, -0.1) is 0 Å². The van der Waals surface area contributed by atoms with Crippen molar-refractivity contribution in [3.63, 3.8) is 0 Å². The molecule has 0 unspecified atom stereocenters. The van der Waals surface area contributed by atoms with Gasteiger partial charge in [0.2, 0.25) is 5.13 Å². The summed E-state index contributed by atoms with van der Waals surface area (Å²) < 4.78 is 7.84. The van der Waals surface area contributed by atoms with E-state index in [0.717, 1.165) is 38.3 Å². The van der Waals surface area contributed by atoms with Crippen LogP contribution in [0.3, 0.4) is 0 Å². The van der Waals surface area contributed by atoms with Crippen molar-refractivity contribution in [1.82, 2.24) is 14.8 Å². The van der Waals surface area contributed by atoms with Crippen LogP contribution in [-0.2, 0) is 0 Å². The molecule has 0 spiro atoms. The van der Waals surface area contributed by atoms with Gasteiger partial charge in [-0.1, -0.05) is 29.5 Å². The maximum absolute atomic E-state index is 13.7. The van der Waals surface area contributed by atoms with Crippen LogP contribution in [0.25, 0.3) is 26.6 Å². The van der Waals surface area contributed by atoms with E-state index >= 15 is 0 Å². The lowest BCUT2D eigenvalue weighted by atomic mass is 10.0. The van der Waals surface area contributed by atoms with Crippen LogP contribution in [0.5, 0.6) is 5.75 Å². The zero-order valence-electron chi connectivity index (χ0n) is 19.4. The number of aryl methyl sites for hydroxylation is 2. The highest BCUT2D eigenvalue weighted by molar-refractivity contribution is 7.20. The van der Waals surface area contributed by atoms with Crippen LogP contribution in [0.4, 0.5) is 5.69 Å². The van der Waals surface area contributed by atoms with Crippen LogP contribution in [-0.4, -0.2) is 27.6 Å². The molecule has 170 valence electrons. The third-order valence-electron chi connectivity index (χ3n) is 5.61. The van der Waals surface area contributed by atoms with E-state index < -0.39 is 0 Å². The van der Waals surface area contributed by atoms with E-state index in [1.165, 1.54) is 16.0 Å². The zero-order chi connectivity index (χ0) is 23.8. The molecule has 0 atom stereocenters. The van der Waals surface area contributed by atoms with Crippen molar-refractivity contribution >= 4 is 33.0 Å². The molecule has 34 heavy (non-hydrogen) atoms. The van der Waals surface area contributed by atoms with E-state index in [1.807, 2.05) is 81.4 Å². The van der Waals surface area contributed by atoms with Crippen molar-refractivity contribution in [2.24, 2.45) is 4.99 Å². The number of nitrogens with zero attached hydrogens (tertiary/aromatic N) is 3. The normalized spacial score (nSPS) is 11.8. The Bertz CT molecular complexity index is 1540. The van der Waals surface area contributed by atoms with Gasteiger partial charge in [-0.05, 0) is 80.4 Å². The summed E-state index contributed by atoms with van der Waals surface area (Å²) in [5, 5.41) is 3.89. The summed E-state index contributed by atoms with van der Waals surface area (Å²) in [7, 11) is 1.63. The van der Waals surface area contributed by atoms with Crippen LogP contribution >= 0.6 is 11.3 Å². The topological polar surface area (TPSA) is 72.3 Å². The summed E-state index contributed by atoms with van der Waals surface area (Å²) in [4.78, 5) is 23.2. The molecule has 3 aromatic carbocycles. The highest BCUT2D eigenvalue weighted by Gasteiger charge is 2.21.